The molecule has 1 aliphatic rings. The van der Waals surface area contributed by atoms with E-state index in [-0.39, 0.29) is 18.5 Å². The maximum Gasteiger partial charge on any atom is 0.263 e. The van der Waals surface area contributed by atoms with Crippen LogP contribution in [-0.2, 0) is 14.8 Å². The number of benzene rings is 2. The highest BCUT2D eigenvalue weighted by atomic mass is 32.2. The van der Waals surface area contributed by atoms with Crippen molar-refractivity contribution in [3.05, 3.63) is 58.7 Å². The normalized spacial score (nSPS) is 17.5. The van der Waals surface area contributed by atoms with Gasteiger partial charge in [-0.15, -0.1) is 0 Å². The minimum atomic E-state index is -3.54. The quantitative estimate of drug-likeness (QED) is 0.853. The lowest BCUT2D eigenvalue weighted by Crippen LogP contribution is -2.50. The third kappa shape index (κ3) is 4.14. The van der Waals surface area contributed by atoms with Gasteiger partial charge in [-0.3, -0.25) is 9.10 Å². The molecule has 3 rings (SSSR count). The first kappa shape index (κ1) is 20.2. The molecule has 2 aromatic carbocycles. The molecule has 28 heavy (non-hydrogen) atoms. The fourth-order valence-corrected chi connectivity index (χ4v) is 4.33. The van der Waals surface area contributed by atoms with E-state index < -0.39 is 16.1 Å². The second kappa shape index (κ2) is 7.47. The Morgan fingerprint density at radius 1 is 1.14 bits per heavy atom. The van der Waals surface area contributed by atoms with Crippen LogP contribution >= 0.6 is 0 Å². The predicted octanol–water partition coefficient (Wildman–Crippen LogP) is 3.02. The molecule has 2 atom stereocenters. The maximum absolute atomic E-state index is 12.9. The van der Waals surface area contributed by atoms with Gasteiger partial charge in [-0.2, -0.15) is 0 Å². The first-order valence-corrected chi connectivity index (χ1v) is 11.0. The molecule has 0 aliphatic carbocycles. The highest BCUT2D eigenvalue weighted by molar-refractivity contribution is 7.92. The van der Waals surface area contributed by atoms with E-state index in [2.05, 4.69) is 5.32 Å². The van der Waals surface area contributed by atoms with E-state index in [9.17, 15) is 13.2 Å². The summed E-state index contributed by atoms with van der Waals surface area (Å²) < 4.78 is 31.7. The highest BCUT2D eigenvalue weighted by Crippen LogP contribution is 2.36. The van der Waals surface area contributed by atoms with Gasteiger partial charge >= 0.3 is 0 Å². The Morgan fingerprint density at radius 2 is 1.79 bits per heavy atom. The molecule has 6 nitrogen and oxygen atoms in total. The van der Waals surface area contributed by atoms with Crippen molar-refractivity contribution in [2.45, 2.75) is 39.8 Å². The van der Waals surface area contributed by atoms with Crippen LogP contribution in [-0.4, -0.2) is 33.2 Å². The molecular weight excluding hydrogens is 376 g/mol. The molecule has 0 aromatic heterocycles. The smallest absolute Gasteiger partial charge is 0.263 e. The Hall–Kier alpha value is -2.54. The third-order valence-electron chi connectivity index (χ3n) is 4.94. The molecular formula is C21H26N2O4S. The molecule has 0 radical (unpaired) electrons. The van der Waals surface area contributed by atoms with Crippen molar-refractivity contribution >= 4 is 21.6 Å². The first-order valence-electron chi connectivity index (χ1n) is 9.19. The Morgan fingerprint density at radius 3 is 2.46 bits per heavy atom. The molecule has 1 heterocycles. The first-order chi connectivity index (χ1) is 13.1. The third-order valence-corrected chi connectivity index (χ3v) is 6.08. The summed E-state index contributed by atoms with van der Waals surface area (Å²) in [5, 5.41) is 2.96. The van der Waals surface area contributed by atoms with E-state index in [1.807, 2.05) is 52.0 Å². The van der Waals surface area contributed by atoms with Gasteiger partial charge in [0.1, 0.15) is 5.75 Å². The lowest BCUT2D eigenvalue weighted by molar-refractivity contribution is -0.128. The van der Waals surface area contributed by atoms with Crippen LogP contribution < -0.4 is 14.4 Å². The van der Waals surface area contributed by atoms with Gasteiger partial charge in [-0.05, 0) is 56.5 Å². The van der Waals surface area contributed by atoms with Gasteiger partial charge in [0.15, 0.2) is 6.10 Å². The summed E-state index contributed by atoms with van der Waals surface area (Å²) in [4.78, 5) is 12.9. The highest BCUT2D eigenvalue weighted by Gasteiger charge is 2.35. The SMILES string of the molecule is Cc1ccc(C)c(C(C)NC(=O)C2CN(S(C)(=O)=O)c3cc(C)ccc3O2)c1. The second-order valence-electron chi connectivity index (χ2n) is 7.46. The average molecular weight is 403 g/mol. The van der Waals surface area contributed by atoms with Crippen molar-refractivity contribution < 1.29 is 17.9 Å². The molecule has 7 heteroatoms. The zero-order chi connectivity index (χ0) is 20.6. The number of aryl methyl sites for hydroxylation is 3. The van der Waals surface area contributed by atoms with Crippen molar-refractivity contribution in [1.82, 2.24) is 5.32 Å². The number of hydrogen-bond donors (Lipinski definition) is 1. The zero-order valence-electron chi connectivity index (χ0n) is 16.8. The van der Waals surface area contributed by atoms with Crippen LogP contribution in [0.15, 0.2) is 36.4 Å². The number of nitrogens with one attached hydrogen (secondary N) is 1. The molecule has 2 unspecified atom stereocenters. The molecule has 1 amide bonds. The summed E-state index contributed by atoms with van der Waals surface area (Å²) in [5.74, 6) is 0.0510. The standard InChI is InChI=1S/C21H26N2O4S/c1-13-6-8-15(3)17(10-13)16(4)22-21(24)20-12-23(28(5,25)26)18-11-14(2)7-9-19(18)27-20/h6-11,16,20H,12H2,1-5H3,(H,22,24). The Bertz CT molecular complexity index is 1020. The number of hydrogen-bond acceptors (Lipinski definition) is 4. The van der Waals surface area contributed by atoms with Crippen LogP contribution in [0.1, 0.15) is 35.2 Å². The van der Waals surface area contributed by atoms with Gasteiger partial charge < -0.3 is 10.1 Å². The molecule has 0 saturated carbocycles. The fraction of sp³-hybridized carbons (Fsp3) is 0.381. The van der Waals surface area contributed by atoms with Gasteiger partial charge in [0, 0.05) is 0 Å². The van der Waals surface area contributed by atoms with Crippen molar-refractivity contribution in [3.63, 3.8) is 0 Å². The fourth-order valence-electron chi connectivity index (χ4n) is 3.42. The number of fused-ring (bicyclic) bond motifs is 1. The summed E-state index contributed by atoms with van der Waals surface area (Å²) in [5.41, 5.74) is 4.61. The van der Waals surface area contributed by atoms with Gasteiger partial charge in [0.05, 0.1) is 24.5 Å². The topological polar surface area (TPSA) is 75.7 Å². The lowest BCUT2D eigenvalue weighted by Gasteiger charge is -2.34. The summed E-state index contributed by atoms with van der Waals surface area (Å²) in [6.45, 7) is 7.74. The summed E-state index contributed by atoms with van der Waals surface area (Å²) in [6, 6.07) is 11.2. The minimum absolute atomic E-state index is 0.0549. The molecule has 0 saturated heterocycles. The average Bonchev–Trinajstić information content (AvgIpc) is 2.61. The molecule has 1 aliphatic heterocycles. The second-order valence-corrected chi connectivity index (χ2v) is 9.37. The molecule has 2 aromatic rings. The molecule has 0 fully saturated rings. The Labute approximate surface area is 166 Å². The molecule has 0 bridgehead atoms. The Balaban J connectivity index is 1.84. The van der Waals surface area contributed by atoms with E-state index >= 15 is 0 Å². The molecule has 0 spiro atoms. The number of carbonyl (C=O) groups is 1. The van der Waals surface area contributed by atoms with Crippen LogP contribution in [0.25, 0.3) is 0 Å². The van der Waals surface area contributed by atoms with Crippen LogP contribution in [0.5, 0.6) is 5.75 Å². The van der Waals surface area contributed by atoms with Crippen LogP contribution in [0.4, 0.5) is 5.69 Å². The van der Waals surface area contributed by atoms with E-state index in [4.69, 9.17) is 4.74 Å². The summed E-state index contributed by atoms with van der Waals surface area (Å²) in [6.07, 6.45) is 0.218. The number of sulfonamides is 1. The van der Waals surface area contributed by atoms with Crippen molar-refractivity contribution in [1.29, 1.82) is 0 Å². The van der Waals surface area contributed by atoms with Crippen molar-refractivity contribution in [2.75, 3.05) is 17.1 Å². The van der Waals surface area contributed by atoms with Gasteiger partial charge in [0.25, 0.3) is 5.91 Å². The van der Waals surface area contributed by atoms with Crippen LogP contribution in [0, 0.1) is 20.8 Å². The van der Waals surface area contributed by atoms with E-state index in [0.29, 0.717) is 11.4 Å². The van der Waals surface area contributed by atoms with Crippen LogP contribution in [0.2, 0.25) is 0 Å². The predicted molar refractivity (Wildman–Crippen MR) is 110 cm³/mol. The summed E-state index contributed by atoms with van der Waals surface area (Å²) >= 11 is 0. The monoisotopic (exact) mass is 402 g/mol. The van der Waals surface area contributed by atoms with Gasteiger partial charge in [-0.25, -0.2) is 8.42 Å². The summed E-state index contributed by atoms with van der Waals surface area (Å²) in [7, 11) is -3.54. The number of nitrogens with zero attached hydrogens (tertiary/aromatic N) is 1. The minimum Gasteiger partial charge on any atom is -0.476 e. The van der Waals surface area contributed by atoms with Crippen molar-refractivity contribution in [2.24, 2.45) is 0 Å². The van der Waals surface area contributed by atoms with Crippen LogP contribution in [0.3, 0.4) is 0 Å². The molecule has 150 valence electrons. The largest absolute Gasteiger partial charge is 0.476 e. The van der Waals surface area contributed by atoms with Crippen molar-refractivity contribution in [3.8, 4) is 5.75 Å². The van der Waals surface area contributed by atoms with E-state index in [1.165, 1.54) is 4.31 Å². The van der Waals surface area contributed by atoms with E-state index in [1.54, 1.807) is 12.1 Å². The number of carbonyl (C=O) groups excluding carboxylic acids is 1. The molecule has 1 N–H and O–H groups in total. The number of rotatable bonds is 4. The van der Waals surface area contributed by atoms with E-state index in [0.717, 1.165) is 28.5 Å². The number of ether oxygens (including phenoxy) is 1. The van der Waals surface area contributed by atoms with Gasteiger partial charge in [0.2, 0.25) is 10.0 Å². The number of amides is 1. The Kier molecular flexibility index (Phi) is 5.39. The zero-order valence-corrected chi connectivity index (χ0v) is 17.6. The maximum atomic E-state index is 12.9. The lowest BCUT2D eigenvalue weighted by atomic mass is 10.00. The van der Waals surface area contributed by atoms with Gasteiger partial charge in [-0.1, -0.05) is 29.8 Å². The number of anilines is 1.